The Hall–Kier alpha value is -0.120. The molecule has 0 amide bonds. The minimum absolute atomic E-state index is 0.186. The third kappa shape index (κ3) is 2.19. The van der Waals surface area contributed by atoms with E-state index in [-0.39, 0.29) is 12.1 Å². The van der Waals surface area contributed by atoms with E-state index in [1.807, 2.05) is 0 Å². The molecule has 1 aliphatic heterocycles. The van der Waals surface area contributed by atoms with Crippen LogP contribution in [0.2, 0.25) is 0 Å². The first-order valence-electron chi connectivity index (χ1n) is 4.67. The van der Waals surface area contributed by atoms with Gasteiger partial charge in [-0.25, -0.2) is 0 Å². The molecule has 0 unspecified atom stereocenters. The fourth-order valence-electron chi connectivity index (χ4n) is 1.75. The van der Waals surface area contributed by atoms with E-state index in [0.29, 0.717) is 6.04 Å². The van der Waals surface area contributed by atoms with Gasteiger partial charge in [-0.3, -0.25) is 4.90 Å². The Labute approximate surface area is 74.9 Å². The van der Waals surface area contributed by atoms with Crippen molar-refractivity contribution in [3.8, 4) is 0 Å². The monoisotopic (exact) mass is 172 g/mol. The summed E-state index contributed by atoms with van der Waals surface area (Å²) < 4.78 is 5.28. The summed E-state index contributed by atoms with van der Waals surface area (Å²) in [6.45, 7) is 6.50. The zero-order valence-electron chi connectivity index (χ0n) is 8.29. The second-order valence-electron chi connectivity index (χ2n) is 3.82. The van der Waals surface area contributed by atoms with Crippen molar-refractivity contribution in [3.63, 3.8) is 0 Å². The minimum Gasteiger partial charge on any atom is -0.380 e. The lowest BCUT2D eigenvalue weighted by Crippen LogP contribution is -2.53. The van der Waals surface area contributed by atoms with Crippen LogP contribution in [-0.4, -0.2) is 43.3 Å². The predicted molar refractivity (Wildman–Crippen MR) is 50.1 cm³/mol. The first kappa shape index (κ1) is 9.96. The van der Waals surface area contributed by atoms with E-state index >= 15 is 0 Å². The topological polar surface area (TPSA) is 38.5 Å². The van der Waals surface area contributed by atoms with Gasteiger partial charge in [0.2, 0.25) is 0 Å². The van der Waals surface area contributed by atoms with Crippen molar-refractivity contribution in [1.29, 1.82) is 0 Å². The van der Waals surface area contributed by atoms with E-state index in [4.69, 9.17) is 10.5 Å². The number of ether oxygens (including phenoxy) is 1. The van der Waals surface area contributed by atoms with E-state index in [1.54, 1.807) is 7.11 Å². The van der Waals surface area contributed by atoms with Gasteiger partial charge in [0.05, 0.1) is 6.10 Å². The van der Waals surface area contributed by atoms with Gasteiger partial charge in [-0.15, -0.1) is 0 Å². The number of nitrogens with zero attached hydrogens (tertiary/aromatic N) is 1. The van der Waals surface area contributed by atoms with Gasteiger partial charge in [-0.05, 0) is 20.3 Å². The molecular weight excluding hydrogens is 152 g/mol. The average molecular weight is 172 g/mol. The van der Waals surface area contributed by atoms with Crippen LogP contribution in [0, 0.1) is 0 Å². The third-order valence-corrected chi connectivity index (χ3v) is 2.66. The summed E-state index contributed by atoms with van der Waals surface area (Å²) in [5, 5.41) is 0. The highest BCUT2D eigenvalue weighted by Crippen LogP contribution is 2.14. The molecule has 1 saturated heterocycles. The van der Waals surface area contributed by atoms with Crippen LogP contribution in [0.5, 0.6) is 0 Å². The normalized spacial score (nSPS) is 32.8. The number of piperidine rings is 1. The van der Waals surface area contributed by atoms with E-state index in [1.165, 1.54) is 0 Å². The third-order valence-electron chi connectivity index (χ3n) is 2.66. The number of methoxy groups -OCH3 is 1. The van der Waals surface area contributed by atoms with Crippen molar-refractivity contribution in [2.24, 2.45) is 5.73 Å². The fourth-order valence-corrected chi connectivity index (χ4v) is 1.75. The number of rotatable bonds is 2. The molecule has 0 aromatic heterocycles. The highest BCUT2D eigenvalue weighted by molar-refractivity contribution is 4.84. The molecule has 0 aliphatic carbocycles. The SMILES string of the molecule is CO[C@H]1CCN(C(C)C)C[C@H]1N. The summed E-state index contributed by atoms with van der Waals surface area (Å²) in [7, 11) is 1.75. The van der Waals surface area contributed by atoms with Gasteiger partial charge in [-0.1, -0.05) is 0 Å². The summed E-state index contributed by atoms with van der Waals surface area (Å²) in [6, 6.07) is 0.792. The van der Waals surface area contributed by atoms with Crippen molar-refractivity contribution in [2.75, 3.05) is 20.2 Å². The lowest BCUT2D eigenvalue weighted by molar-refractivity contribution is 0.0159. The summed E-state index contributed by atoms with van der Waals surface area (Å²) in [6.07, 6.45) is 1.33. The smallest absolute Gasteiger partial charge is 0.0746 e. The molecule has 12 heavy (non-hydrogen) atoms. The predicted octanol–water partition coefficient (Wildman–Crippen LogP) is 0.443. The van der Waals surface area contributed by atoms with Crippen LogP contribution in [0.3, 0.4) is 0 Å². The highest BCUT2D eigenvalue weighted by Gasteiger charge is 2.27. The van der Waals surface area contributed by atoms with Crippen molar-refractivity contribution < 1.29 is 4.74 Å². The standard InChI is InChI=1S/C9H20N2O/c1-7(2)11-5-4-9(12-3)8(10)6-11/h7-9H,4-6,10H2,1-3H3/t8-,9+/m1/s1. The second kappa shape index (κ2) is 4.21. The van der Waals surface area contributed by atoms with E-state index in [2.05, 4.69) is 18.7 Å². The van der Waals surface area contributed by atoms with Crippen LogP contribution in [0.25, 0.3) is 0 Å². The fraction of sp³-hybridized carbons (Fsp3) is 1.00. The maximum Gasteiger partial charge on any atom is 0.0746 e. The molecule has 0 bridgehead atoms. The van der Waals surface area contributed by atoms with Crippen molar-refractivity contribution in [2.45, 2.75) is 38.5 Å². The summed E-state index contributed by atoms with van der Waals surface area (Å²) in [5.41, 5.74) is 5.95. The Morgan fingerprint density at radius 2 is 2.17 bits per heavy atom. The zero-order valence-corrected chi connectivity index (χ0v) is 8.29. The molecule has 0 saturated carbocycles. The maximum absolute atomic E-state index is 5.95. The van der Waals surface area contributed by atoms with Crippen LogP contribution in [-0.2, 0) is 4.74 Å². The molecule has 1 heterocycles. The largest absolute Gasteiger partial charge is 0.380 e. The Balaban J connectivity index is 2.40. The van der Waals surface area contributed by atoms with Gasteiger partial charge in [0, 0.05) is 32.3 Å². The molecule has 3 heteroatoms. The Morgan fingerprint density at radius 3 is 2.58 bits per heavy atom. The van der Waals surface area contributed by atoms with Gasteiger partial charge in [0.15, 0.2) is 0 Å². The van der Waals surface area contributed by atoms with E-state index in [9.17, 15) is 0 Å². The Kier molecular flexibility index (Phi) is 3.50. The summed E-state index contributed by atoms with van der Waals surface area (Å²) in [5.74, 6) is 0. The lowest BCUT2D eigenvalue weighted by atomic mass is 10.0. The first-order chi connectivity index (χ1) is 5.65. The summed E-state index contributed by atoms with van der Waals surface area (Å²) in [4.78, 5) is 2.40. The van der Waals surface area contributed by atoms with Gasteiger partial charge < -0.3 is 10.5 Å². The molecule has 1 aliphatic rings. The van der Waals surface area contributed by atoms with Gasteiger partial charge >= 0.3 is 0 Å². The van der Waals surface area contributed by atoms with Gasteiger partial charge in [0.1, 0.15) is 0 Å². The number of nitrogens with two attached hydrogens (primary N) is 1. The molecule has 1 fully saturated rings. The molecule has 1 rings (SSSR count). The van der Waals surface area contributed by atoms with Crippen molar-refractivity contribution in [3.05, 3.63) is 0 Å². The Morgan fingerprint density at radius 1 is 1.50 bits per heavy atom. The van der Waals surface area contributed by atoms with Crippen LogP contribution >= 0.6 is 0 Å². The molecule has 2 N–H and O–H groups in total. The number of hydrogen-bond donors (Lipinski definition) is 1. The molecular formula is C9H20N2O. The highest BCUT2D eigenvalue weighted by atomic mass is 16.5. The van der Waals surface area contributed by atoms with E-state index < -0.39 is 0 Å². The number of hydrogen-bond acceptors (Lipinski definition) is 3. The quantitative estimate of drug-likeness (QED) is 0.657. The summed E-state index contributed by atoms with van der Waals surface area (Å²) >= 11 is 0. The molecule has 3 nitrogen and oxygen atoms in total. The van der Waals surface area contributed by atoms with Crippen LogP contribution in [0.15, 0.2) is 0 Å². The molecule has 0 aromatic carbocycles. The van der Waals surface area contributed by atoms with Crippen LogP contribution in [0.1, 0.15) is 20.3 Å². The maximum atomic E-state index is 5.95. The number of likely N-dealkylation sites (tertiary alicyclic amines) is 1. The Bertz CT molecular complexity index is 138. The first-order valence-corrected chi connectivity index (χ1v) is 4.67. The molecule has 2 atom stereocenters. The van der Waals surface area contributed by atoms with Crippen LogP contribution < -0.4 is 5.73 Å². The van der Waals surface area contributed by atoms with Gasteiger partial charge in [-0.2, -0.15) is 0 Å². The van der Waals surface area contributed by atoms with Crippen molar-refractivity contribution in [1.82, 2.24) is 4.90 Å². The average Bonchev–Trinajstić information content (AvgIpc) is 2.04. The second-order valence-corrected chi connectivity index (χ2v) is 3.82. The molecule has 0 radical (unpaired) electrons. The molecule has 72 valence electrons. The van der Waals surface area contributed by atoms with Gasteiger partial charge in [0.25, 0.3) is 0 Å². The van der Waals surface area contributed by atoms with Crippen molar-refractivity contribution >= 4 is 0 Å². The lowest BCUT2D eigenvalue weighted by Gasteiger charge is -2.38. The van der Waals surface area contributed by atoms with Crippen LogP contribution in [0.4, 0.5) is 0 Å². The zero-order chi connectivity index (χ0) is 9.14. The van der Waals surface area contributed by atoms with E-state index in [0.717, 1.165) is 19.5 Å². The minimum atomic E-state index is 0.186. The molecule has 0 spiro atoms. The molecule has 0 aromatic rings.